The Hall–Kier alpha value is -0.870. The van der Waals surface area contributed by atoms with E-state index in [-0.39, 0.29) is 11.8 Å². The molecule has 0 aliphatic carbocycles. The van der Waals surface area contributed by atoms with Crippen molar-refractivity contribution in [3.8, 4) is 0 Å². The van der Waals surface area contributed by atoms with Gasteiger partial charge in [0.2, 0.25) is 5.91 Å². The zero-order valence-electron chi connectivity index (χ0n) is 12.1. The van der Waals surface area contributed by atoms with Crippen LogP contribution >= 0.6 is 11.3 Å². The van der Waals surface area contributed by atoms with E-state index in [1.165, 1.54) is 4.88 Å². The number of amides is 1. The van der Waals surface area contributed by atoms with E-state index in [4.69, 9.17) is 0 Å². The average molecular weight is 280 g/mol. The molecule has 0 radical (unpaired) electrons. The van der Waals surface area contributed by atoms with Crippen LogP contribution in [0.3, 0.4) is 0 Å². The number of hydrogen-bond acceptors (Lipinski definition) is 3. The summed E-state index contributed by atoms with van der Waals surface area (Å²) >= 11 is 1.83. The standard InChI is InChI=1S/C15H24N2OS/c1-11(2)15(18)16-13-7-12(9-17(3)10-13)8-14-5-4-6-19-14/h4-6,11-13H,7-10H2,1-3H3,(H,16,18). The highest BCUT2D eigenvalue weighted by atomic mass is 32.1. The maximum Gasteiger partial charge on any atom is 0.222 e. The number of likely N-dealkylation sites (tertiary alicyclic amines) is 1. The Morgan fingerprint density at radius 1 is 1.53 bits per heavy atom. The molecular formula is C15H24N2OS. The van der Waals surface area contributed by atoms with E-state index < -0.39 is 0 Å². The first kappa shape index (κ1) is 14.5. The molecule has 2 unspecified atom stereocenters. The van der Waals surface area contributed by atoms with E-state index in [0.717, 1.165) is 25.9 Å². The van der Waals surface area contributed by atoms with Crippen molar-refractivity contribution in [2.24, 2.45) is 11.8 Å². The third-order valence-corrected chi connectivity index (χ3v) is 4.56. The molecule has 106 valence electrons. The molecule has 0 aromatic carbocycles. The minimum Gasteiger partial charge on any atom is -0.352 e. The summed E-state index contributed by atoms with van der Waals surface area (Å²) in [6.07, 6.45) is 2.23. The summed E-state index contributed by atoms with van der Waals surface area (Å²) in [5.74, 6) is 0.896. The summed E-state index contributed by atoms with van der Waals surface area (Å²) in [6.45, 7) is 6.00. The molecule has 0 saturated carbocycles. The second kappa shape index (κ2) is 6.53. The zero-order valence-corrected chi connectivity index (χ0v) is 12.9. The molecule has 4 heteroatoms. The van der Waals surface area contributed by atoms with E-state index in [0.29, 0.717) is 12.0 Å². The number of carbonyl (C=O) groups excluding carboxylic acids is 1. The van der Waals surface area contributed by atoms with E-state index in [1.54, 1.807) is 0 Å². The van der Waals surface area contributed by atoms with Crippen LogP contribution in [0.5, 0.6) is 0 Å². The van der Waals surface area contributed by atoms with Gasteiger partial charge in [-0.15, -0.1) is 11.3 Å². The molecule has 2 rings (SSSR count). The number of rotatable bonds is 4. The summed E-state index contributed by atoms with van der Waals surface area (Å²) in [5.41, 5.74) is 0. The van der Waals surface area contributed by atoms with Crippen LogP contribution in [-0.2, 0) is 11.2 Å². The molecular weight excluding hydrogens is 256 g/mol. The second-order valence-corrected chi connectivity index (χ2v) is 7.00. The molecule has 0 bridgehead atoms. The third kappa shape index (κ3) is 4.32. The molecule has 1 N–H and O–H groups in total. The van der Waals surface area contributed by atoms with E-state index in [1.807, 2.05) is 25.2 Å². The highest BCUT2D eigenvalue weighted by molar-refractivity contribution is 7.09. The number of thiophene rings is 1. The van der Waals surface area contributed by atoms with Gasteiger partial charge in [0.1, 0.15) is 0 Å². The fourth-order valence-corrected chi connectivity index (χ4v) is 3.60. The van der Waals surface area contributed by atoms with Gasteiger partial charge in [-0.1, -0.05) is 19.9 Å². The molecule has 2 heterocycles. The van der Waals surface area contributed by atoms with E-state index in [9.17, 15) is 4.79 Å². The van der Waals surface area contributed by atoms with E-state index in [2.05, 4.69) is 34.8 Å². The Bertz CT molecular complexity index is 402. The second-order valence-electron chi connectivity index (χ2n) is 5.97. The Balaban J connectivity index is 1.90. The predicted octanol–water partition coefficient (Wildman–Crippen LogP) is 2.38. The molecule has 1 fully saturated rings. The largest absolute Gasteiger partial charge is 0.352 e. The number of nitrogens with one attached hydrogen (secondary N) is 1. The number of carbonyl (C=O) groups is 1. The first-order chi connectivity index (χ1) is 9.04. The van der Waals surface area contributed by atoms with Gasteiger partial charge < -0.3 is 10.2 Å². The minimum absolute atomic E-state index is 0.0722. The Kier molecular flexibility index (Phi) is 4.99. The quantitative estimate of drug-likeness (QED) is 0.918. The van der Waals surface area contributed by atoms with Crippen molar-refractivity contribution in [2.75, 3.05) is 20.1 Å². The van der Waals surface area contributed by atoms with Crippen LogP contribution in [0.2, 0.25) is 0 Å². The van der Waals surface area contributed by atoms with Crippen LogP contribution in [0.4, 0.5) is 0 Å². The van der Waals surface area contributed by atoms with Crippen LogP contribution in [0.15, 0.2) is 17.5 Å². The summed E-state index contributed by atoms with van der Waals surface area (Å²) < 4.78 is 0. The Morgan fingerprint density at radius 2 is 2.32 bits per heavy atom. The van der Waals surface area contributed by atoms with Gasteiger partial charge in [-0.05, 0) is 37.3 Å². The summed E-state index contributed by atoms with van der Waals surface area (Å²) in [5, 5.41) is 5.32. The van der Waals surface area contributed by atoms with Gasteiger partial charge in [-0.3, -0.25) is 4.79 Å². The smallest absolute Gasteiger partial charge is 0.222 e. The number of likely N-dealkylation sites (N-methyl/N-ethyl adjacent to an activating group) is 1. The van der Waals surface area contributed by atoms with Crippen molar-refractivity contribution in [3.63, 3.8) is 0 Å². The number of nitrogens with zero attached hydrogens (tertiary/aromatic N) is 1. The molecule has 0 spiro atoms. The van der Waals surface area contributed by atoms with Crippen LogP contribution in [-0.4, -0.2) is 37.0 Å². The summed E-state index contributed by atoms with van der Waals surface area (Å²) in [6, 6.07) is 4.63. The molecule has 3 nitrogen and oxygen atoms in total. The molecule has 1 saturated heterocycles. The Morgan fingerprint density at radius 3 is 2.95 bits per heavy atom. The lowest BCUT2D eigenvalue weighted by atomic mass is 9.91. The summed E-state index contributed by atoms with van der Waals surface area (Å²) in [4.78, 5) is 15.6. The van der Waals surface area contributed by atoms with Crippen molar-refractivity contribution < 1.29 is 4.79 Å². The lowest BCUT2D eigenvalue weighted by Crippen LogP contribution is -2.50. The maximum absolute atomic E-state index is 11.8. The normalized spacial score (nSPS) is 24.6. The fraction of sp³-hybridized carbons (Fsp3) is 0.667. The van der Waals surface area contributed by atoms with Gasteiger partial charge in [0.05, 0.1) is 0 Å². The van der Waals surface area contributed by atoms with Crippen LogP contribution in [0.1, 0.15) is 25.1 Å². The molecule has 1 amide bonds. The van der Waals surface area contributed by atoms with Gasteiger partial charge in [0, 0.05) is 29.9 Å². The van der Waals surface area contributed by atoms with Gasteiger partial charge >= 0.3 is 0 Å². The first-order valence-electron chi connectivity index (χ1n) is 7.06. The number of piperidine rings is 1. The molecule has 1 aromatic rings. The van der Waals surface area contributed by atoms with Crippen molar-refractivity contribution in [3.05, 3.63) is 22.4 Å². The lowest BCUT2D eigenvalue weighted by Gasteiger charge is -2.36. The van der Waals surface area contributed by atoms with Gasteiger partial charge in [-0.2, -0.15) is 0 Å². The van der Waals surface area contributed by atoms with Crippen LogP contribution in [0, 0.1) is 11.8 Å². The van der Waals surface area contributed by atoms with Crippen molar-refractivity contribution in [2.45, 2.75) is 32.7 Å². The summed E-state index contributed by atoms with van der Waals surface area (Å²) in [7, 11) is 2.15. The van der Waals surface area contributed by atoms with Gasteiger partial charge in [0.25, 0.3) is 0 Å². The van der Waals surface area contributed by atoms with Crippen LogP contribution < -0.4 is 5.32 Å². The highest BCUT2D eigenvalue weighted by Crippen LogP contribution is 2.22. The fourth-order valence-electron chi connectivity index (χ4n) is 2.78. The molecule has 19 heavy (non-hydrogen) atoms. The monoisotopic (exact) mass is 280 g/mol. The molecule has 1 aromatic heterocycles. The third-order valence-electron chi connectivity index (χ3n) is 3.66. The SMILES string of the molecule is CC(C)C(=O)NC1CC(Cc2cccs2)CN(C)C1. The minimum atomic E-state index is 0.0722. The average Bonchev–Trinajstić information content (AvgIpc) is 2.80. The topological polar surface area (TPSA) is 32.3 Å². The van der Waals surface area contributed by atoms with Crippen LogP contribution in [0.25, 0.3) is 0 Å². The van der Waals surface area contributed by atoms with Crippen molar-refractivity contribution >= 4 is 17.2 Å². The van der Waals surface area contributed by atoms with Crippen molar-refractivity contribution in [1.82, 2.24) is 10.2 Å². The predicted molar refractivity (Wildman–Crippen MR) is 80.4 cm³/mol. The van der Waals surface area contributed by atoms with Crippen molar-refractivity contribution in [1.29, 1.82) is 0 Å². The van der Waals surface area contributed by atoms with Gasteiger partial charge in [0.15, 0.2) is 0 Å². The van der Waals surface area contributed by atoms with E-state index >= 15 is 0 Å². The molecule has 1 aliphatic rings. The molecule has 2 atom stereocenters. The lowest BCUT2D eigenvalue weighted by molar-refractivity contribution is -0.125. The first-order valence-corrected chi connectivity index (χ1v) is 7.94. The highest BCUT2D eigenvalue weighted by Gasteiger charge is 2.27. The molecule has 1 aliphatic heterocycles. The van der Waals surface area contributed by atoms with Gasteiger partial charge in [-0.25, -0.2) is 0 Å². The Labute approximate surface area is 120 Å². The zero-order chi connectivity index (χ0) is 13.8. The number of hydrogen-bond donors (Lipinski definition) is 1. The maximum atomic E-state index is 11.8.